The van der Waals surface area contributed by atoms with Crippen LogP contribution in [-0.4, -0.2) is 10.8 Å². The second-order valence-corrected chi connectivity index (χ2v) is 4.60. The second-order valence-electron chi connectivity index (χ2n) is 3.19. The quantitative estimate of drug-likeness (QED) is 0.787. The van der Waals surface area contributed by atoms with Crippen LogP contribution in [0.1, 0.15) is 15.2 Å². The highest BCUT2D eigenvalue weighted by molar-refractivity contribution is 7.09. The zero-order valence-electron chi connectivity index (χ0n) is 8.11. The van der Waals surface area contributed by atoms with E-state index >= 15 is 0 Å². The fourth-order valence-electron chi connectivity index (χ4n) is 1.29. The first-order chi connectivity index (χ1) is 7.66. The van der Waals surface area contributed by atoms with Gasteiger partial charge in [-0.15, -0.1) is 11.3 Å². The summed E-state index contributed by atoms with van der Waals surface area (Å²) in [6, 6.07) is 3.96. The van der Waals surface area contributed by atoms with Crippen molar-refractivity contribution in [3.63, 3.8) is 0 Å². The third-order valence-electron chi connectivity index (χ3n) is 2.05. The fourth-order valence-corrected chi connectivity index (χ4v) is 2.06. The van der Waals surface area contributed by atoms with Crippen LogP contribution in [0.25, 0.3) is 0 Å². The Bertz CT molecular complexity index is 513. The van der Waals surface area contributed by atoms with Crippen LogP contribution >= 0.6 is 22.9 Å². The van der Waals surface area contributed by atoms with E-state index in [2.05, 4.69) is 4.98 Å². The van der Waals surface area contributed by atoms with Crippen molar-refractivity contribution in [3.8, 4) is 0 Å². The molecule has 0 N–H and O–H groups in total. The van der Waals surface area contributed by atoms with Crippen molar-refractivity contribution < 1.29 is 9.18 Å². The van der Waals surface area contributed by atoms with Gasteiger partial charge >= 0.3 is 0 Å². The monoisotopic (exact) mass is 255 g/mol. The molecular formula is C11H7ClFNOS. The van der Waals surface area contributed by atoms with Crippen LogP contribution in [0.15, 0.2) is 29.9 Å². The van der Waals surface area contributed by atoms with Gasteiger partial charge < -0.3 is 0 Å². The van der Waals surface area contributed by atoms with Gasteiger partial charge in [0, 0.05) is 22.5 Å². The van der Waals surface area contributed by atoms with Crippen molar-refractivity contribution in [3.05, 3.63) is 51.2 Å². The minimum atomic E-state index is -0.543. The molecular weight excluding hydrogens is 249 g/mol. The van der Waals surface area contributed by atoms with Gasteiger partial charge in [0.15, 0.2) is 5.78 Å². The number of thiazole rings is 1. The topological polar surface area (TPSA) is 30.0 Å². The summed E-state index contributed by atoms with van der Waals surface area (Å²) in [5, 5.41) is 0.356. The van der Waals surface area contributed by atoms with Crippen molar-refractivity contribution in [1.29, 1.82) is 0 Å². The van der Waals surface area contributed by atoms with Gasteiger partial charge in [0.25, 0.3) is 0 Å². The number of hydrogen-bond donors (Lipinski definition) is 0. The third-order valence-corrected chi connectivity index (χ3v) is 3.06. The first-order valence-electron chi connectivity index (χ1n) is 4.52. The number of nitrogens with zero attached hydrogens (tertiary/aromatic N) is 1. The first kappa shape index (κ1) is 11.2. The van der Waals surface area contributed by atoms with E-state index < -0.39 is 5.82 Å². The molecule has 0 saturated carbocycles. The summed E-state index contributed by atoms with van der Waals surface area (Å²) in [7, 11) is 0. The van der Waals surface area contributed by atoms with E-state index in [4.69, 9.17) is 11.6 Å². The number of Topliss-reactive ketones (excluding diaryl/α,β-unsaturated/α-hetero) is 1. The van der Waals surface area contributed by atoms with Gasteiger partial charge in [0.2, 0.25) is 0 Å². The summed E-state index contributed by atoms with van der Waals surface area (Å²) in [5.74, 6) is -0.830. The van der Waals surface area contributed by atoms with Crippen molar-refractivity contribution >= 4 is 28.7 Å². The number of rotatable bonds is 3. The van der Waals surface area contributed by atoms with Crippen molar-refractivity contribution in [2.24, 2.45) is 0 Å². The molecule has 0 unspecified atom stereocenters. The van der Waals surface area contributed by atoms with Crippen LogP contribution in [0.5, 0.6) is 0 Å². The Balaban J connectivity index is 2.24. The summed E-state index contributed by atoms with van der Waals surface area (Å²) in [4.78, 5) is 16.4. The Kier molecular flexibility index (Phi) is 3.31. The molecule has 5 heteroatoms. The zero-order valence-corrected chi connectivity index (χ0v) is 9.69. The predicted octanol–water partition coefficient (Wildman–Crippen LogP) is 3.36. The van der Waals surface area contributed by atoms with Gasteiger partial charge in [-0.1, -0.05) is 11.6 Å². The Morgan fingerprint density at radius 2 is 2.31 bits per heavy atom. The molecule has 0 aliphatic heterocycles. The van der Waals surface area contributed by atoms with Crippen molar-refractivity contribution in [2.45, 2.75) is 6.42 Å². The lowest BCUT2D eigenvalue weighted by Crippen LogP contribution is -2.05. The standard InChI is InChI=1S/C11H7ClFNOS/c12-7-1-2-10(13)9(3-7)11(15)4-8-5-14-6-16-8/h1-3,5-6H,4H2. The lowest BCUT2D eigenvalue weighted by atomic mass is 10.1. The van der Waals surface area contributed by atoms with Crippen LogP contribution in [-0.2, 0) is 6.42 Å². The number of halogens is 2. The Hall–Kier alpha value is -1.26. The Labute approximate surface area is 101 Å². The first-order valence-corrected chi connectivity index (χ1v) is 5.78. The van der Waals surface area contributed by atoms with E-state index in [0.717, 1.165) is 4.88 Å². The van der Waals surface area contributed by atoms with Gasteiger partial charge in [0.05, 0.1) is 11.1 Å². The normalized spacial score (nSPS) is 10.4. The molecule has 0 amide bonds. The largest absolute Gasteiger partial charge is 0.294 e. The number of aromatic nitrogens is 1. The number of benzene rings is 1. The molecule has 2 aromatic rings. The van der Waals surface area contributed by atoms with Crippen LogP contribution in [0, 0.1) is 5.82 Å². The van der Waals surface area contributed by atoms with E-state index in [9.17, 15) is 9.18 Å². The molecule has 1 heterocycles. The summed E-state index contributed by atoms with van der Waals surface area (Å²) in [5.41, 5.74) is 1.66. The van der Waals surface area contributed by atoms with Crippen molar-refractivity contribution in [1.82, 2.24) is 4.98 Å². The zero-order chi connectivity index (χ0) is 11.5. The highest BCUT2D eigenvalue weighted by Gasteiger charge is 2.13. The molecule has 2 rings (SSSR count). The molecule has 0 saturated heterocycles. The van der Waals surface area contributed by atoms with E-state index in [1.54, 1.807) is 11.7 Å². The van der Waals surface area contributed by atoms with Crippen LogP contribution < -0.4 is 0 Å². The average Bonchev–Trinajstić information content (AvgIpc) is 2.74. The molecule has 0 aliphatic rings. The molecule has 0 fully saturated rings. The van der Waals surface area contributed by atoms with E-state index in [0.29, 0.717) is 5.02 Å². The minimum Gasteiger partial charge on any atom is -0.294 e. The Morgan fingerprint density at radius 1 is 1.50 bits per heavy atom. The Morgan fingerprint density at radius 3 is 3.00 bits per heavy atom. The van der Waals surface area contributed by atoms with Gasteiger partial charge in [-0.2, -0.15) is 0 Å². The van der Waals surface area contributed by atoms with Crippen LogP contribution in [0.2, 0.25) is 5.02 Å². The summed E-state index contributed by atoms with van der Waals surface area (Å²) in [6.07, 6.45) is 1.76. The molecule has 16 heavy (non-hydrogen) atoms. The average molecular weight is 256 g/mol. The molecule has 1 aromatic carbocycles. The third kappa shape index (κ3) is 2.46. The van der Waals surface area contributed by atoms with E-state index in [1.807, 2.05) is 0 Å². The molecule has 1 aromatic heterocycles. The lowest BCUT2D eigenvalue weighted by molar-refractivity contribution is 0.0990. The second kappa shape index (κ2) is 4.72. The smallest absolute Gasteiger partial charge is 0.171 e. The van der Waals surface area contributed by atoms with Crippen LogP contribution in [0.4, 0.5) is 4.39 Å². The maximum Gasteiger partial charge on any atom is 0.171 e. The van der Waals surface area contributed by atoms with E-state index in [1.165, 1.54) is 29.5 Å². The highest BCUT2D eigenvalue weighted by atomic mass is 35.5. The highest BCUT2D eigenvalue weighted by Crippen LogP contribution is 2.18. The van der Waals surface area contributed by atoms with Gasteiger partial charge in [-0.25, -0.2) is 4.39 Å². The SMILES string of the molecule is O=C(Cc1cncs1)c1cc(Cl)ccc1F. The molecule has 0 aliphatic carbocycles. The summed E-state index contributed by atoms with van der Waals surface area (Å²) in [6.45, 7) is 0. The van der Waals surface area contributed by atoms with Gasteiger partial charge in [-0.05, 0) is 18.2 Å². The van der Waals surface area contributed by atoms with Gasteiger partial charge in [0.1, 0.15) is 5.82 Å². The summed E-state index contributed by atoms with van der Waals surface area (Å²) >= 11 is 7.08. The van der Waals surface area contributed by atoms with Crippen LogP contribution in [0.3, 0.4) is 0 Å². The van der Waals surface area contributed by atoms with E-state index in [-0.39, 0.29) is 17.8 Å². The molecule has 0 atom stereocenters. The minimum absolute atomic E-state index is 0.0286. The maximum absolute atomic E-state index is 13.4. The molecule has 0 spiro atoms. The molecule has 0 radical (unpaired) electrons. The number of ketones is 1. The predicted molar refractivity (Wildman–Crippen MR) is 61.6 cm³/mol. The number of carbonyl (C=O) groups is 1. The molecule has 82 valence electrons. The summed E-state index contributed by atoms with van der Waals surface area (Å²) < 4.78 is 13.4. The lowest BCUT2D eigenvalue weighted by Gasteiger charge is -2.01. The maximum atomic E-state index is 13.4. The van der Waals surface area contributed by atoms with Crippen molar-refractivity contribution in [2.75, 3.05) is 0 Å². The number of hydrogen-bond acceptors (Lipinski definition) is 3. The molecule has 0 bridgehead atoms. The molecule has 2 nitrogen and oxygen atoms in total. The van der Waals surface area contributed by atoms with Gasteiger partial charge in [-0.3, -0.25) is 9.78 Å². The number of carbonyl (C=O) groups excluding carboxylic acids is 1. The fraction of sp³-hybridized carbons (Fsp3) is 0.0909.